The molecule has 0 spiro atoms. The van der Waals surface area contributed by atoms with Crippen LogP contribution in [0.1, 0.15) is 0 Å². The van der Waals surface area contributed by atoms with Crippen LogP contribution in [0.3, 0.4) is 0 Å². The van der Waals surface area contributed by atoms with E-state index in [2.05, 4.69) is 109 Å². The van der Waals surface area contributed by atoms with Crippen LogP contribution in [-0.4, -0.2) is 0 Å². The summed E-state index contributed by atoms with van der Waals surface area (Å²) in [6, 6.07) is 48.9. The van der Waals surface area contributed by atoms with Crippen molar-refractivity contribution in [3.63, 3.8) is 0 Å². The van der Waals surface area contributed by atoms with Gasteiger partial charge in [-0.2, -0.15) is 0 Å². The lowest BCUT2D eigenvalue weighted by Crippen LogP contribution is -1.91. The molecule has 0 aliphatic carbocycles. The first-order valence-electron chi connectivity index (χ1n) is 16.8. The van der Waals surface area contributed by atoms with Gasteiger partial charge in [0.05, 0.1) is 11.6 Å². The molecule has 0 unspecified atom stereocenters. The van der Waals surface area contributed by atoms with Gasteiger partial charge in [0.2, 0.25) is 0 Å². The molecular weight excluding hydrogens is 617 g/mol. The van der Waals surface area contributed by atoms with E-state index in [1.807, 2.05) is 30.3 Å². The van der Waals surface area contributed by atoms with Crippen LogP contribution in [-0.2, 0) is 0 Å². The molecule has 0 saturated heterocycles. The van der Waals surface area contributed by atoms with Crippen molar-refractivity contribution < 1.29 is 17.7 Å². The van der Waals surface area contributed by atoms with Gasteiger partial charge in [-0.15, -0.1) is 0 Å². The number of rotatable bonds is 2. The lowest BCUT2D eigenvalue weighted by atomic mass is 9.85. The number of hydrogen-bond donors (Lipinski definition) is 0. The summed E-state index contributed by atoms with van der Waals surface area (Å²) in [6.45, 7) is 0. The zero-order valence-electron chi connectivity index (χ0n) is 26.5. The first-order valence-corrected chi connectivity index (χ1v) is 16.8. The average Bonchev–Trinajstić information content (AvgIpc) is 3.95. The minimum atomic E-state index is 0.824. The maximum atomic E-state index is 6.79. The van der Waals surface area contributed by atoms with Crippen LogP contribution in [0.25, 0.3) is 121 Å². The van der Waals surface area contributed by atoms with Crippen LogP contribution in [0, 0.1) is 0 Å². The number of benzene rings is 8. The Kier molecular flexibility index (Phi) is 4.94. The molecule has 4 aromatic heterocycles. The van der Waals surface area contributed by atoms with Crippen LogP contribution < -0.4 is 0 Å². The molecule has 0 atom stereocenters. The fraction of sp³-hybridized carbons (Fsp3) is 0. The molecule has 0 N–H and O–H groups in total. The highest BCUT2D eigenvalue weighted by Crippen LogP contribution is 2.50. The third-order valence-corrected chi connectivity index (χ3v) is 10.5. The Morgan fingerprint density at radius 1 is 0.320 bits per heavy atom. The first kappa shape index (κ1) is 26.2. The maximum absolute atomic E-state index is 6.79. The SMILES string of the molecule is c1ccc2c(c1)oc1c2cc(-c2c3ccccc3c(-c3cccc4c3oc3cc5ccoc5cc34)c3ccccc23)c2oc3ccccc3c21. The van der Waals surface area contributed by atoms with Crippen LogP contribution in [0.2, 0.25) is 0 Å². The number of para-hydroxylation sites is 3. The van der Waals surface area contributed by atoms with Gasteiger partial charge in [-0.3, -0.25) is 0 Å². The molecule has 0 saturated carbocycles. The van der Waals surface area contributed by atoms with Crippen LogP contribution in [0.4, 0.5) is 0 Å². The number of hydrogen-bond acceptors (Lipinski definition) is 4. The van der Waals surface area contributed by atoms with Crippen molar-refractivity contribution >= 4 is 98.3 Å². The van der Waals surface area contributed by atoms with Gasteiger partial charge >= 0.3 is 0 Å². The Bertz CT molecular complexity index is 3330. The normalized spacial score (nSPS) is 12.4. The molecule has 12 aromatic rings. The van der Waals surface area contributed by atoms with E-state index in [1.54, 1.807) is 6.26 Å². The highest BCUT2D eigenvalue weighted by molar-refractivity contribution is 6.30. The van der Waals surface area contributed by atoms with Gasteiger partial charge in [-0.1, -0.05) is 103 Å². The second kappa shape index (κ2) is 9.43. The van der Waals surface area contributed by atoms with Crippen molar-refractivity contribution in [2.24, 2.45) is 0 Å². The predicted molar refractivity (Wildman–Crippen MR) is 204 cm³/mol. The Balaban J connectivity index is 1.25. The maximum Gasteiger partial charge on any atom is 0.147 e. The third kappa shape index (κ3) is 3.34. The summed E-state index contributed by atoms with van der Waals surface area (Å²) < 4.78 is 25.9. The molecule has 0 bridgehead atoms. The highest BCUT2D eigenvalue weighted by Gasteiger charge is 2.25. The van der Waals surface area contributed by atoms with Crippen molar-refractivity contribution in [1.29, 1.82) is 0 Å². The largest absolute Gasteiger partial charge is 0.464 e. The average molecular weight is 641 g/mol. The summed E-state index contributed by atoms with van der Waals surface area (Å²) in [4.78, 5) is 0. The molecule has 4 heterocycles. The molecule has 0 radical (unpaired) electrons. The molecule has 0 amide bonds. The Hall–Kier alpha value is -6.78. The van der Waals surface area contributed by atoms with Crippen molar-refractivity contribution in [2.45, 2.75) is 0 Å². The molecular formula is C46H24O4. The fourth-order valence-corrected chi connectivity index (χ4v) is 8.41. The van der Waals surface area contributed by atoms with E-state index in [0.29, 0.717) is 0 Å². The zero-order chi connectivity index (χ0) is 32.5. The molecule has 50 heavy (non-hydrogen) atoms. The predicted octanol–water partition coefficient (Wildman–Crippen LogP) is 13.8. The van der Waals surface area contributed by atoms with Crippen LogP contribution in [0.5, 0.6) is 0 Å². The molecule has 4 heteroatoms. The Labute approximate surface area is 283 Å². The lowest BCUT2D eigenvalue weighted by molar-refractivity contribution is 0.616. The molecule has 0 fully saturated rings. The van der Waals surface area contributed by atoms with Gasteiger partial charge in [-0.05, 0) is 57.9 Å². The summed E-state index contributed by atoms with van der Waals surface area (Å²) in [5.74, 6) is 0. The van der Waals surface area contributed by atoms with Gasteiger partial charge in [0.25, 0.3) is 0 Å². The van der Waals surface area contributed by atoms with E-state index < -0.39 is 0 Å². The number of furan rings is 4. The summed E-state index contributed by atoms with van der Waals surface area (Å²) in [6.07, 6.45) is 1.73. The van der Waals surface area contributed by atoms with Crippen molar-refractivity contribution in [3.05, 3.63) is 146 Å². The standard InChI is InChI=1S/C46H24O4/c1-3-13-29-27(11-1)41(33-17-9-16-31-34-24-39-25(20-21-47-39)22-40(34)50-44(31)33)28-12-2-4-14-30(28)42(29)36-23-35-26-10-5-7-18-37(26)48-45(35)43-32-15-6-8-19-38(32)49-46(36)43/h1-24H. The lowest BCUT2D eigenvalue weighted by Gasteiger charge is -2.18. The Morgan fingerprint density at radius 3 is 1.64 bits per heavy atom. The van der Waals surface area contributed by atoms with E-state index in [4.69, 9.17) is 17.7 Å². The highest BCUT2D eigenvalue weighted by atomic mass is 16.3. The topological polar surface area (TPSA) is 52.6 Å². The van der Waals surface area contributed by atoms with Crippen LogP contribution in [0.15, 0.2) is 163 Å². The van der Waals surface area contributed by atoms with E-state index in [-0.39, 0.29) is 0 Å². The quantitative estimate of drug-likeness (QED) is 0.176. The molecule has 232 valence electrons. The fourth-order valence-electron chi connectivity index (χ4n) is 8.41. The van der Waals surface area contributed by atoms with Crippen LogP contribution >= 0.6 is 0 Å². The van der Waals surface area contributed by atoms with Crippen molar-refractivity contribution in [3.8, 4) is 22.3 Å². The van der Waals surface area contributed by atoms with Crippen molar-refractivity contribution in [1.82, 2.24) is 0 Å². The number of fused-ring (bicyclic) bond motifs is 13. The van der Waals surface area contributed by atoms with Gasteiger partial charge in [-0.25, -0.2) is 0 Å². The smallest absolute Gasteiger partial charge is 0.147 e. The minimum absolute atomic E-state index is 0.824. The van der Waals surface area contributed by atoms with Gasteiger partial charge in [0.15, 0.2) is 0 Å². The van der Waals surface area contributed by atoms with Crippen molar-refractivity contribution in [2.75, 3.05) is 0 Å². The monoisotopic (exact) mass is 640 g/mol. The van der Waals surface area contributed by atoms with E-state index >= 15 is 0 Å². The van der Waals surface area contributed by atoms with Gasteiger partial charge in [0.1, 0.15) is 39.1 Å². The van der Waals surface area contributed by atoms with Gasteiger partial charge in [0, 0.05) is 54.6 Å². The third-order valence-electron chi connectivity index (χ3n) is 10.5. The molecule has 4 nitrogen and oxygen atoms in total. The van der Waals surface area contributed by atoms with E-state index in [0.717, 1.165) is 121 Å². The summed E-state index contributed by atoms with van der Waals surface area (Å²) in [7, 11) is 0. The summed E-state index contributed by atoms with van der Waals surface area (Å²) >= 11 is 0. The van der Waals surface area contributed by atoms with E-state index in [9.17, 15) is 0 Å². The second-order valence-corrected chi connectivity index (χ2v) is 13.1. The molecule has 8 aromatic carbocycles. The Morgan fingerprint density at radius 2 is 0.900 bits per heavy atom. The molecule has 0 aliphatic rings. The van der Waals surface area contributed by atoms with E-state index in [1.165, 1.54) is 0 Å². The van der Waals surface area contributed by atoms with Gasteiger partial charge < -0.3 is 17.7 Å². The summed E-state index contributed by atoms with van der Waals surface area (Å²) in [5, 5.41) is 11.9. The minimum Gasteiger partial charge on any atom is -0.464 e. The second-order valence-electron chi connectivity index (χ2n) is 13.1. The molecule has 12 rings (SSSR count). The first-order chi connectivity index (χ1) is 24.8. The summed E-state index contributed by atoms with van der Waals surface area (Å²) in [5.41, 5.74) is 10.3. The molecule has 0 aliphatic heterocycles. The zero-order valence-corrected chi connectivity index (χ0v) is 26.5.